The van der Waals surface area contributed by atoms with Crippen LogP contribution in [0.5, 0.6) is 0 Å². The minimum absolute atomic E-state index is 0.265. The van der Waals surface area contributed by atoms with Crippen molar-refractivity contribution >= 4 is 11.5 Å². The van der Waals surface area contributed by atoms with Gasteiger partial charge in [0.15, 0.2) is 5.82 Å². The van der Waals surface area contributed by atoms with Gasteiger partial charge >= 0.3 is 0 Å². The summed E-state index contributed by atoms with van der Waals surface area (Å²) in [5.41, 5.74) is 1.70. The van der Waals surface area contributed by atoms with Crippen LogP contribution in [0.15, 0.2) is 47.3 Å². The smallest absolute Gasteiger partial charge is 0.173 e. The van der Waals surface area contributed by atoms with Crippen molar-refractivity contribution in [2.75, 3.05) is 0 Å². The highest BCUT2D eigenvalue weighted by Gasteiger charge is 2.09. The summed E-state index contributed by atoms with van der Waals surface area (Å²) >= 11 is 1.29. The van der Waals surface area contributed by atoms with Gasteiger partial charge in [-0.25, -0.2) is 9.37 Å². The van der Waals surface area contributed by atoms with Gasteiger partial charge in [0.25, 0.3) is 0 Å². The maximum Gasteiger partial charge on any atom is 0.173 e. The molecule has 0 saturated heterocycles. The first-order valence-corrected chi connectivity index (χ1v) is 5.72. The van der Waals surface area contributed by atoms with Crippen molar-refractivity contribution in [3.05, 3.63) is 48.7 Å². The molecule has 0 radical (unpaired) electrons. The van der Waals surface area contributed by atoms with E-state index in [4.69, 9.17) is 4.42 Å². The second-order valence-corrected chi connectivity index (χ2v) is 4.19. The van der Waals surface area contributed by atoms with E-state index in [1.807, 2.05) is 6.07 Å². The van der Waals surface area contributed by atoms with Crippen LogP contribution in [-0.4, -0.2) is 9.36 Å². The molecule has 0 fully saturated rings. The molecule has 0 spiro atoms. The molecule has 0 bridgehead atoms. The molecule has 1 aromatic carbocycles. The van der Waals surface area contributed by atoms with E-state index in [9.17, 15) is 4.39 Å². The third kappa shape index (κ3) is 1.97. The lowest BCUT2D eigenvalue weighted by atomic mass is 10.2. The van der Waals surface area contributed by atoms with Crippen LogP contribution in [0.4, 0.5) is 4.39 Å². The lowest BCUT2D eigenvalue weighted by Crippen LogP contribution is -1.81. The number of benzene rings is 1. The summed E-state index contributed by atoms with van der Waals surface area (Å²) in [5, 5.41) is 0.790. The molecular weight excluding hydrogens is 239 g/mol. The van der Waals surface area contributed by atoms with Crippen LogP contribution >= 0.6 is 11.5 Å². The normalized spacial score (nSPS) is 10.6. The summed E-state index contributed by atoms with van der Waals surface area (Å²) < 4.78 is 22.0. The van der Waals surface area contributed by atoms with Gasteiger partial charge in [0, 0.05) is 5.56 Å². The number of hydrogen-bond acceptors (Lipinski definition) is 4. The van der Waals surface area contributed by atoms with Gasteiger partial charge in [-0.3, -0.25) is 0 Å². The Bertz CT molecular complexity index is 616. The van der Waals surface area contributed by atoms with Crippen LogP contribution in [0.3, 0.4) is 0 Å². The molecule has 3 nitrogen and oxygen atoms in total. The van der Waals surface area contributed by atoms with Crippen LogP contribution in [0.25, 0.3) is 22.0 Å². The Morgan fingerprint density at radius 3 is 2.59 bits per heavy atom. The van der Waals surface area contributed by atoms with Gasteiger partial charge in [0.1, 0.15) is 17.1 Å². The van der Waals surface area contributed by atoms with Crippen LogP contribution in [-0.2, 0) is 0 Å². The van der Waals surface area contributed by atoms with Crippen molar-refractivity contribution in [2.24, 2.45) is 0 Å². The first-order valence-electron chi connectivity index (χ1n) is 4.95. The fourth-order valence-corrected chi connectivity index (χ4v) is 2.11. The molecule has 0 atom stereocenters. The van der Waals surface area contributed by atoms with Gasteiger partial charge in [0.2, 0.25) is 0 Å². The molecule has 2 aromatic heterocycles. The zero-order chi connectivity index (χ0) is 11.7. The van der Waals surface area contributed by atoms with E-state index in [0.29, 0.717) is 5.82 Å². The molecule has 3 rings (SSSR count). The van der Waals surface area contributed by atoms with Gasteiger partial charge in [-0.15, -0.1) is 0 Å². The lowest BCUT2D eigenvalue weighted by molar-refractivity contribution is 0.568. The van der Waals surface area contributed by atoms with Crippen molar-refractivity contribution in [1.82, 2.24) is 9.36 Å². The van der Waals surface area contributed by atoms with E-state index in [1.165, 1.54) is 23.7 Å². The van der Waals surface area contributed by atoms with Crippen molar-refractivity contribution in [1.29, 1.82) is 0 Å². The van der Waals surface area contributed by atoms with Crippen molar-refractivity contribution in [2.45, 2.75) is 0 Å². The predicted molar refractivity (Wildman–Crippen MR) is 63.0 cm³/mol. The van der Waals surface area contributed by atoms with Crippen molar-refractivity contribution in [3.8, 4) is 22.0 Å². The quantitative estimate of drug-likeness (QED) is 0.693. The third-order valence-electron chi connectivity index (χ3n) is 2.30. The van der Waals surface area contributed by atoms with Crippen LogP contribution < -0.4 is 0 Å². The van der Waals surface area contributed by atoms with E-state index < -0.39 is 0 Å². The van der Waals surface area contributed by atoms with E-state index in [2.05, 4.69) is 9.36 Å². The fraction of sp³-hybridized carbons (Fsp3) is 0. The van der Waals surface area contributed by atoms with E-state index in [1.54, 1.807) is 24.7 Å². The molecule has 3 aromatic rings. The summed E-state index contributed by atoms with van der Waals surface area (Å²) in [7, 11) is 0. The molecular formula is C12H7FN2OS. The summed E-state index contributed by atoms with van der Waals surface area (Å²) in [6, 6.07) is 7.95. The molecule has 0 aliphatic heterocycles. The second-order valence-electron chi connectivity index (χ2n) is 3.44. The zero-order valence-corrected chi connectivity index (χ0v) is 9.45. The highest BCUT2D eigenvalue weighted by atomic mass is 32.1. The predicted octanol–water partition coefficient (Wildman–Crippen LogP) is 3.60. The van der Waals surface area contributed by atoms with E-state index >= 15 is 0 Å². The molecule has 0 unspecified atom stereocenters. The lowest BCUT2D eigenvalue weighted by Gasteiger charge is -1.93. The minimum atomic E-state index is -0.265. The highest BCUT2D eigenvalue weighted by Crippen LogP contribution is 2.26. The van der Waals surface area contributed by atoms with Gasteiger partial charge in [-0.2, -0.15) is 4.37 Å². The SMILES string of the molecule is Fc1ccc(-c2nsc(-c3ccoc3)n2)cc1. The van der Waals surface area contributed by atoms with E-state index in [0.717, 1.165) is 16.1 Å². The van der Waals surface area contributed by atoms with Gasteiger partial charge in [-0.05, 0) is 41.9 Å². The fourth-order valence-electron chi connectivity index (χ4n) is 1.44. The van der Waals surface area contributed by atoms with Crippen LogP contribution in [0, 0.1) is 5.82 Å². The Kier molecular flexibility index (Phi) is 2.45. The Morgan fingerprint density at radius 2 is 1.88 bits per heavy atom. The van der Waals surface area contributed by atoms with Gasteiger partial charge in [0.05, 0.1) is 11.8 Å². The first kappa shape index (κ1) is 10.2. The van der Waals surface area contributed by atoms with Gasteiger partial charge < -0.3 is 4.42 Å². The minimum Gasteiger partial charge on any atom is -0.472 e. The molecule has 84 valence electrons. The third-order valence-corrected chi connectivity index (χ3v) is 3.06. The molecule has 0 aliphatic carbocycles. The molecule has 17 heavy (non-hydrogen) atoms. The average molecular weight is 246 g/mol. The second kappa shape index (κ2) is 4.10. The Labute approximate surface area is 101 Å². The maximum absolute atomic E-state index is 12.8. The van der Waals surface area contributed by atoms with Crippen molar-refractivity contribution < 1.29 is 8.81 Å². The van der Waals surface area contributed by atoms with E-state index in [-0.39, 0.29) is 5.82 Å². The molecule has 0 amide bonds. The summed E-state index contributed by atoms with van der Waals surface area (Å²) in [5.74, 6) is 0.338. The Hall–Kier alpha value is -2.01. The Balaban J connectivity index is 1.98. The first-order chi connectivity index (χ1) is 8.33. The number of nitrogens with zero attached hydrogens (tertiary/aromatic N) is 2. The standard InChI is InChI=1S/C12H7FN2OS/c13-10-3-1-8(2-4-10)11-14-12(17-15-11)9-5-6-16-7-9/h1-7H. The molecule has 0 aliphatic rings. The number of rotatable bonds is 2. The largest absolute Gasteiger partial charge is 0.472 e. The number of halogens is 1. The van der Waals surface area contributed by atoms with Crippen molar-refractivity contribution in [3.63, 3.8) is 0 Å². The Morgan fingerprint density at radius 1 is 1.06 bits per heavy atom. The maximum atomic E-state index is 12.8. The average Bonchev–Trinajstić information content (AvgIpc) is 3.00. The van der Waals surface area contributed by atoms with Gasteiger partial charge in [-0.1, -0.05) is 0 Å². The number of hydrogen-bond donors (Lipinski definition) is 0. The molecule has 5 heteroatoms. The number of aromatic nitrogens is 2. The van der Waals surface area contributed by atoms with Crippen LogP contribution in [0.1, 0.15) is 0 Å². The monoisotopic (exact) mass is 246 g/mol. The van der Waals surface area contributed by atoms with Crippen LogP contribution in [0.2, 0.25) is 0 Å². The topological polar surface area (TPSA) is 38.9 Å². The summed E-state index contributed by atoms with van der Waals surface area (Å²) in [6.45, 7) is 0. The molecule has 0 N–H and O–H groups in total. The zero-order valence-electron chi connectivity index (χ0n) is 8.63. The summed E-state index contributed by atoms with van der Waals surface area (Å²) in [6.07, 6.45) is 3.21. The summed E-state index contributed by atoms with van der Waals surface area (Å²) in [4.78, 5) is 4.38. The molecule has 2 heterocycles. The molecule has 0 saturated carbocycles. The number of furan rings is 1. The highest BCUT2D eigenvalue weighted by molar-refractivity contribution is 7.09.